The number of carbonyl (C=O) groups excluding carboxylic acids is 1. The maximum Gasteiger partial charge on any atom is 0.224 e. The first kappa shape index (κ1) is 12.8. The lowest BCUT2D eigenvalue weighted by atomic mass is 9.85. The summed E-state index contributed by atoms with van der Waals surface area (Å²) in [4.78, 5) is 13.9. The maximum absolute atomic E-state index is 11.9. The second kappa shape index (κ2) is 5.83. The molecule has 2 unspecified atom stereocenters. The SMILES string of the molecule is CC(N)CC(=O)N1CCC(C2CCOCC2)C1. The van der Waals surface area contributed by atoms with Gasteiger partial charge in [-0.25, -0.2) is 0 Å². The summed E-state index contributed by atoms with van der Waals surface area (Å²) in [6.07, 6.45) is 3.98. The van der Waals surface area contributed by atoms with E-state index in [4.69, 9.17) is 10.5 Å². The van der Waals surface area contributed by atoms with Crippen LogP contribution in [-0.2, 0) is 9.53 Å². The van der Waals surface area contributed by atoms with Gasteiger partial charge in [-0.05, 0) is 38.0 Å². The van der Waals surface area contributed by atoms with E-state index in [1.165, 1.54) is 12.8 Å². The molecule has 4 nitrogen and oxygen atoms in total. The van der Waals surface area contributed by atoms with Gasteiger partial charge in [0.1, 0.15) is 0 Å². The zero-order valence-corrected chi connectivity index (χ0v) is 10.7. The Morgan fingerprint density at radius 3 is 2.71 bits per heavy atom. The van der Waals surface area contributed by atoms with Gasteiger partial charge in [0.05, 0.1) is 0 Å². The fraction of sp³-hybridized carbons (Fsp3) is 0.923. The van der Waals surface area contributed by atoms with E-state index in [1.54, 1.807) is 0 Å². The number of ether oxygens (including phenoxy) is 1. The Balaban J connectivity index is 1.80. The molecule has 98 valence electrons. The summed E-state index contributed by atoms with van der Waals surface area (Å²) in [5.41, 5.74) is 5.67. The van der Waals surface area contributed by atoms with Crippen LogP contribution in [0.1, 0.15) is 32.6 Å². The smallest absolute Gasteiger partial charge is 0.224 e. The van der Waals surface area contributed by atoms with Crippen molar-refractivity contribution in [1.29, 1.82) is 0 Å². The fourth-order valence-electron chi connectivity index (χ4n) is 2.99. The van der Waals surface area contributed by atoms with E-state index in [0.29, 0.717) is 12.3 Å². The average molecular weight is 240 g/mol. The highest BCUT2D eigenvalue weighted by molar-refractivity contribution is 5.77. The van der Waals surface area contributed by atoms with E-state index in [2.05, 4.69) is 0 Å². The highest BCUT2D eigenvalue weighted by Crippen LogP contribution is 2.31. The van der Waals surface area contributed by atoms with E-state index in [1.807, 2.05) is 11.8 Å². The minimum absolute atomic E-state index is 0.0235. The van der Waals surface area contributed by atoms with Crippen molar-refractivity contribution in [3.05, 3.63) is 0 Å². The molecule has 2 fully saturated rings. The molecule has 2 heterocycles. The normalized spacial score (nSPS) is 28.4. The largest absolute Gasteiger partial charge is 0.381 e. The van der Waals surface area contributed by atoms with Crippen molar-refractivity contribution in [2.75, 3.05) is 26.3 Å². The molecule has 0 aromatic carbocycles. The number of amides is 1. The molecule has 0 aromatic rings. The van der Waals surface area contributed by atoms with Gasteiger partial charge < -0.3 is 15.4 Å². The fourth-order valence-corrected chi connectivity index (χ4v) is 2.99. The highest BCUT2D eigenvalue weighted by atomic mass is 16.5. The third kappa shape index (κ3) is 3.42. The number of nitrogens with two attached hydrogens (primary N) is 1. The van der Waals surface area contributed by atoms with Crippen LogP contribution in [0.2, 0.25) is 0 Å². The van der Waals surface area contributed by atoms with Gasteiger partial charge in [-0.15, -0.1) is 0 Å². The first-order valence-electron chi connectivity index (χ1n) is 6.78. The Morgan fingerprint density at radius 1 is 1.35 bits per heavy atom. The number of hydrogen-bond donors (Lipinski definition) is 1. The summed E-state index contributed by atoms with van der Waals surface area (Å²) in [5, 5.41) is 0. The summed E-state index contributed by atoms with van der Waals surface area (Å²) >= 11 is 0. The minimum atomic E-state index is -0.0235. The van der Waals surface area contributed by atoms with Gasteiger partial charge in [-0.2, -0.15) is 0 Å². The van der Waals surface area contributed by atoms with Gasteiger partial charge in [0.2, 0.25) is 5.91 Å². The summed E-state index contributed by atoms with van der Waals surface area (Å²) in [5.74, 6) is 1.68. The molecule has 2 rings (SSSR count). The van der Waals surface area contributed by atoms with Crippen LogP contribution in [0, 0.1) is 11.8 Å². The summed E-state index contributed by atoms with van der Waals surface area (Å²) in [6.45, 7) is 5.55. The molecule has 0 saturated carbocycles. The van der Waals surface area contributed by atoms with Gasteiger partial charge in [-0.1, -0.05) is 0 Å². The molecule has 17 heavy (non-hydrogen) atoms. The van der Waals surface area contributed by atoms with Crippen molar-refractivity contribution in [2.45, 2.75) is 38.6 Å². The summed E-state index contributed by atoms with van der Waals surface area (Å²) in [6, 6.07) is -0.0235. The number of rotatable bonds is 3. The van der Waals surface area contributed by atoms with Crippen molar-refractivity contribution in [1.82, 2.24) is 4.90 Å². The Labute approximate surface area is 103 Å². The molecule has 2 atom stereocenters. The van der Waals surface area contributed by atoms with Gasteiger partial charge in [0, 0.05) is 38.8 Å². The Morgan fingerprint density at radius 2 is 2.06 bits per heavy atom. The molecule has 2 N–H and O–H groups in total. The van der Waals surface area contributed by atoms with Crippen molar-refractivity contribution < 1.29 is 9.53 Å². The second-order valence-electron chi connectivity index (χ2n) is 5.52. The van der Waals surface area contributed by atoms with Gasteiger partial charge in [0.15, 0.2) is 0 Å². The predicted molar refractivity (Wildman–Crippen MR) is 66.5 cm³/mol. The second-order valence-corrected chi connectivity index (χ2v) is 5.52. The summed E-state index contributed by atoms with van der Waals surface area (Å²) < 4.78 is 5.39. The zero-order chi connectivity index (χ0) is 12.3. The Kier molecular flexibility index (Phi) is 4.40. The number of nitrogens with zero attached hydrogens (tertiary/aromatic N) is 1. The first-order valence-corrected chi connectivity index (χ1v) is 6.78. The number of likely N-dealkylation sites (tertiary alicyclic amines) is 1. The van der Waals surface area contributed by atoms with E-state index in [-0.39, 0.29) is 11.9 Å². The molecule has 1 amide bonds. The van der Waals surface area contributed by atoms with Crippen LogP contribution in [0.15, 0.2) is 0 Å². The van der Waals surface area contributed by atoms with Crippen LogP contribution in [-0.4, -0.2) is 43.2 Å². The maximum atomic E-state index is 11.9. The van der Waals surface area contributed by atoms with E-state index >= 15 is 0 Å². The van der Waals surface area contributed by atoms with Crippen molar-refractivity contribution in [2.24, 2.45) is 17.6 Å². The first-order chi connectivity index (χ1) is 8.16. The zero-order valence-electron chi connectivity index (χ0n) is 10.7. The third-order valence-electron chi connectivity index (χ3n) is 4.01. The molecule has 0 bridgehead atoms. The molecule has 2 aliphatic heterocycles. The molecular formula is C13H24N2O2. The molecule has 0 radical (unpaired) electrons. The monoisotopic (exact) mass is 240 g/mol. The topological polar surface area (TPSA) is 55.6 Å². The molecular weight excluding hydrogens is 216 g/mol. The van der Waals surface area contributed by atoms with Crippen molar-refractivity contribution in [3.8, 4) is 0 Å². The van der Waals surface area contributed by atoms with E-state index in [0.717, 1.165) is 38.6 Å². The summed E-state index contributed by atoms with van der Waals surface area (Å²) in [7, 11) is 0. The average Bonchev–Trinajstić information content (AvgIpc) is 2.78. The molecule has 0 aromatic heterocycles. The lowest BCUT2D eigenvalue weighted by molar-refractivity contribution is -0.130. The highest BCUT2D eigenvalue weighted by Gasteiger charge is 2.32. The predicted octanol–water partition coefficient (Wildman–Crippen LogP) is 0.999. The standard InChI is InChI=1S/C13H24N2O2/c1-10(14)8-13(16)15-5-2-12(9-15)11-3-6-17-7-4-11/h10-12H,2-9,14H2,1H3. The van der Waals surface area contributed by atoms with Gasteiger partial charge in [0.25, 0.3) is 0 Å². The van der Waals surface area contributed by atoms with Crippen LogP contribution >= 0.6 is 0 Å². The third-order valence-corrected chi connectivity index (χ3v) is 4.01. The quantitative estimate of drug-likeness (QED) is 0.800. The van der Waals surface area contributed by atoms with Crippen LogP contribution in [0.4, 0.5) is 0 Å². The lowest BCUT2D eigenvalue weighted by Gasteiger charge is -2.27. The molecule has 4 heteroatoms. The van der Waals surface area contributed by atoms with Crippen molar-refractivity contribution in [3.63, 3.8) is 0 Å². The van der Waals surface area contributed by atoms with Crippen LogP contribution in [0.5, 0.6) is 0 Å². The van der Waals surface area contributed by atoms with Crippen molar-refractivity contribution >= 4 is 5.91 Å². The lowest BCUT2D eigenvalue weighted by Crippen LogP contribution is -2.34. The van der Waals surface area contributed by atoms with Gasteiger partial charge >= 0.3 is 0 Å². The number of hydrogen-bond acceptors (Lipinski definition) is 3. The van der Waals surface area contributed by atoms with Crippen LogP contribution < -0.4 is 5.73 Å². The molecule has 2 saturated heterocycles. The van der Waals surface area contributed by atoms with E-state index < -0.39 is 0 Å². The Hall–Kier alpha value is -0.610. The molecule has 0 aliphatic carbocycles. The van der Waals surface area contributed by atoms with E-state index in [9.17, 15) is 4.79 Å². The Bertz CT molecular complexity index is 262. The van der Waals surface area contributed by atoms with Crippen LogP contribution in [0.3, 0.4) is 0 Å². The molecule has 0 spiro atoms. The van der Waals surface area contributed by atoms with Gasteiger partial charge in [-0.3, -0.25) is 4.79 Å². The number of carbonyl (C=O) groups is 1. The molecule has 2 aliphatic rings. The van der Waals surface area contributed by atoms with Crippen LogP contribution in [0.25, 0.3) is 0 Å². The minimum Gasteiger partial charge on any atom is -0.381 e.